The molecular formula is C19H26N4O3S. The Hall–Kier alpha value is -2.19. The van der Waals surface area contributed by atoms with E-state index in [0.717, 1.165) is 49.8 Å². The van der Waals surface area contributed by atoms with Crippen molar-refractivity contribution in [3.8, 4) is 0 Å². The van der Waals surface area contributed by atoms with Crippen LogP contribution in [0.15, 0.2) is 34.5 Å². The lowest BCUT2D eigenvalue weighted by atomic mass is 10.1. The summed E-state index contributed by atoms with van der Waals surface area (Å²) >= 11 is 1.09. The van der Waals surface area contributed by atoms with Gasteiger partial charge in [-0.15, -0.1) is 5.10 Å². The summed E-state index contributed by atoms with van der Waals surface area (Å²) in [6.07, 6.45) is 3.67. The topological polar surface area (TPSA) is 94.4 Å². The Balaban J connectivity index is 1.97. The van der Waals surface area contributed by atoms with E-state index in [9.17, 15) is 9.59 Å². The number of amides is 1. The molecule has 146 valence electrons. The van der Waals surface area contributed by atoms with Gasteiger partial charge in [-0.05, 0) is 43.1 Å². The lowest BCUT2D eigenvalue weighted by Crippen LogP contribution is -2.26. The Morgan fingerprint density at radius 3 is 2.74 bits per heavy atom. The molecule has 0 radical (unpaired) electrons. The number of hydrogen-bond donors (Lipinski definition) is 2. The number of hydrogen-bond acceptors (Lipinski definition) is 6. The van der Waals surface area contributed by atoms with Crippen LogP contribution in [0.1, 0.15) is 44.2 Å². The van der Waals surface area contributed by atoms with Crippen LogP contribution in [0.2, 0.25) is 0 Å². The maximum Gasteiger partial charge on any atom is 0.305 e. The highest BCUT2D eigenvalue weighted by Crippen LogP contribution is 2.22. The fourth-order valence-electron chi connectivity index (χ4n) is 2.83. The molecule has 0 bridgehead atoms. The number of nitrogens with zero attached hydrogens (tertiary/aromatic N) is 3. The third-order valence-electron chi connectivity index (χ3n) is 3.93. The number of thioether (sulfide) groups is 1. The Bertz CT molecular complexity index is 715. The summed E-state index contributed by atoms with van der Waals surface area (Å²) in [7, 11) is 0. The van der Waals surface area contributed by atoms with Crippen LogP contribution in [0.4, 0.5) is 0 Å². The largest absolute Gasteiger partial charge is 0.481 e. The molecule has 2 rings (SSSR count). The molecule has 1 unspecified atom stereocenters. The minimum atomic E-state index is -1.01. The fraction of sp³-hybridized carbons (Fsp3) is 0.474. The zero-order valence-electron chi connectivity index (χ0n) is 15.7. The number of amidine groups is 1. The Kier molecular flexibility index (Phi) is 8.47. The highest BCUT2D eigenvalue weighted by atomic mass is 32.2. The van der Waals surface area contributed by atoms with E-state index in [1.807, 2.05) is 12.1 Å². The first-order valence-electron chi connectivity index (χ1n) is 9.13. The van der Waals surface area contributed by atoms with Gasteiger partial charge in [0.15, 0.2) is 5.17 Å². The highest BCUT2D eigenvalue weighted by molar-refractivity contribution is 8.15. The summed E-state index contributed by atoms with van der Waals surface area (Å²) in [5.74, 6) is -1.35. The van der Waals surface area contributed by atoms with Crippen molar-refractivity contribution in [2.45, 2.75) is 44.9 Å². The van der Waals surface area contributed by atoms with Crippen molar-refractivity contribution in [2.75, 3.05) is 13.1 Å². The van der Waals surface area contributed by atoms with Gasteiger partial charge in [0.25, 0.3) is 0 Å². The second kappa shape index (κ2) is 10.8. The molecule has 1 aliphatic heterocycles. The maximum atomic E-state index is 11.7. The van der Waals surface area contributed by atoms with Crippen LogP contribution in [-0.2, 0) is 16.1 Å². The molecule has 0 spiro atoms. The summed E-state index contributed by atoms with van der Waals surface area (Å²) < 4.78 is 0. The van der Waals surface area contributed by atoms with Gasteiger partial charge in [0.1, 0.15) is 5.25 Å². The molecule has 0 aromatic heterocycles. The fourth-order valence-corrected chi connectivity index (χ4v) is 3.74. The van der Waals surface area contributed by atoms with Crippen LogP contribution in [0, 0.1) is 0 Å². The predicted molar refractivity (Wildman–Crippen MR) is 109 cm³/mol. The Labute approximate surface area is 163 Å². The van der Waals surface area contributed by atoms with Gasteiger partial charge in [0.05, 0.1) is 12.6 Å². The third-order valence-corrected chi connectivity index (χ3v) is 5.00. The summed E-state index contributed by atoms with van der Waals surface area (Å²) in [6.45, 7) is 7.43. The molecule has 0 saturated carbocycles. The van der Waals surface area contributed by atoms with Crippen LogP contribution < -0.4 is 5.32 Å². The molecule has 2 N–H and O–H groups in total. The summed E-state index contributed by atoms with van der Waals surface area (Å²) in [4.78, 5) is 24.8. The van der Waals surface area contributed by atoms with E-state index in [1.165, 1.54) is 5.56 Å². The first-order chi connectivity index (χ1) is 13.0. The van der Waals surface area contributed by atoms with Gasteiger partial charge < -0.3 is 10.4 Å². The average Bonchev–Trinajstić information content (AvgIpc) is 2.94. The van der Waals surface area contributed by atoms with Crippen molar-refractivity contribution in [3.63, 3.8) is 0 Å². The van der Waals surface area contributed by atoms with Gasteiger partial charge in [-0.2, -0.15) is 5.10 Å². The minimum Gasteiger partial charge on any atom is -0.481 e. The van der Waals surface area contributed by atoms with Crippen LogP contribution in [-0.4, -0.2) is 51.6 Å². The van der Waals surface area contributed by atoms with Crippen LogP contribution in [0.25, 0.3) is 0 Å². The monoisotopic (exact) mass is 390 g/mol. The number of rotatable bonds is 10. The molecule has 27 heavy (non-hydrogen) atoms. The van der Waals surface area contributed by atoms with Crippen LogP contribution in [0.5, 0.6) is 0 Å². The number of carboxylic acid groups (broad SMARTS) is 1. The van der Waals surface area contributed by atoms with Gasteiger partial charge in [0.2, 0.25) is 5.91 Å². The summed E-state index contributed by atoms with van der Waals surface area (Å²) in [5.41, 5.74) is 2.15. The van der Waals surface area contributed by atoms with Crippen molar-refractivity contribution in [1.29, 1.82) is 0 Å². The van der Waals surface area contributed by atoms with E-state index < -0.39 is 11.2 Å². The molecule has 1 aromatic carbocycles. The Morgan fingerprint density at radius 1 is 1.33 bits per heavy atom. The molecule has 7 nitrogen and oxygen atoms in total. The van der Waals surface area contributed by atoms with Gasteiger partial charge in [-0.25, -0.2) is 0 Å². The number of benzene rings is 1. The van der Waals surface area contributed by atoms with Crippen molar-refractivity contribution >= 4 is 35.0 Å². The normalized spacial score (nSPS) is 18.6. The molecule has 1 aromatic rings. The summed E-state index contributed by atoms with van der Waals surface area (Å²) in [6, 6.07) is 8.13. The first kappa shape index (κ1) is 21.1. The molecule has 1 fully saturated rings. The standard InChI is InChI=1S/C19H26N4O3S/c1-3-8-23(9-4-2)13-15-7-5-6-14(10-15)12-20-22-19-21-18(26)16(27-19)11-17(24)25/h5-7,10,12,16H,3-4,8-9,11,13H2,1-2H3,(H,24,25)(H,21,22,26). The molecule has 1 heterocycles. The highest BCUT2D eigenvalue weighted by Gasteiger charge is 2.32. The first-order valence-corrected chi connectivity index (χ1v) is 10.0. The predicted octanol–water partition coefficient (Wildman–Crippen LogP) is 2.70. The van der Waals surface area contributed by atoms with E-state index in [4.69, 9.17) is 5.11 Å². The van der Waals surface area contributed by atoms with Crippen molar-refractivity contribution in [1.82, 2.24) is 10.2 Å². The zero-order valence-corrected chi connectivity index (χ0v) is 16.5. The number of nitrogens with one attached hydrogen (secondary N) is 1. The molecule has 1 saturated heterocycles. The number of carbonyl (C=O) groups is 2. The number of aliphatic carboxylic acids is 1. The van der Waals surface area contributed by atoms with Crippen molar-refractivity contribution in [2.24, 2.45) is 10.2 Å². The van der Waals surface area contributed by atoms with Crippen molar-refractivity contribution < 1.29 is 14.7 Å². The Morgan fingerprint density at radius 2 is 2.07 bits per heavy atom. The van der Waals surface area contributed by atoms with Gasteiger partial charge in [-0.3, -0.25) is 14.5 Å². The second-order valence-corrected chi connectivity index (χ2v) is 7.56. The molecule has 8 heteroatoms. The lowest BCUT2D eigenvalue weighted by molar-refractivity contribution is -0.138. The van der Waals surface area contributed by atoms with Gasteiger partial charge in [-0.1, -0.05) is 43.8 Å². The number of carboxylic acids is 1. The van der Waals surface area contributed by atoms with Gasteiger partial charge in [0, 0.05) is 6.54 Å². The minimum absolute atomic E-state index is 0.229. The van der Waals surface area contributed by atoms with Gasteiger partial charge >= 0.3 is 5.97 Å². The van der Waals surface area contributed by atoms with Crippen LogP contribution >= 0.6 is 11.8 Å². The molecule has 0 aliphatic carbocycles. The van der Waals surface area contributed by atoms with E-state index in [2.05, 4.69) is 46.4 Å². The number of carbonyl (C=O) groups excluding carboxylic acids is 1. The molecule has 1 atom stereocenters. The van der Waals surface area contributed by atoms with Crippen LogP contribution in [0.3, 0.4) is 0 Å². The average molecular weight is 391 g/mol. The molecular weight excluding hydrogens is 364 g/mol. The maximum absolute atomic E-state index is 11.7. The van der Waals surface area contributed by atoms with Crippen molar-refractivity contribution in [3.05, 3.63) is 35.4 Å². The zero-order chi connectivity index (χ0) is 19.6. The second-order valence-electron chi connectivity index (χ2n) is 6.36. The summed E-state index contributed by atoms with van der Waals surface area (Å²) in [5, 5.41) is 19.0. The smallest absolute Gasteiger partial charge is 0.305 e. The lowest BCUT2D eigenvalue weighted by Gasteiger charge is -2.21. The van der Waals surface area contributed by atoms with E-state index in [0.29, 0.717) is 5.17 Å². The van der Waals surface area contributed by atoms with E-state index >= 15 is 0 Å². The van der Waals surface area contributed by atoms with E-state index in [1.54, 1.807) is 6.21 Å². The third kappa shape index (κ3) is 7.15. The quantitative estimate of drug-likeness (QED) is 0.473. The molecule has 1 amide bonds. The SMILES string of the molecule is CCCN(CCC)Cc1cccc(C=NN=C2NC(=O)C(CC(=O)O)S2)c1. The molecule has 1 aliphatic rings. The van der Waals surface area contributed by atoms with E-state index in [-0.39, 0.29) is 12.3 Å².